The number of pyridine rings is 1. The van der Waals surface area contributed by atoms with Crippen LogP contribution in [0.2, 0.25) is 0 Å². The number of nitrogens with one attached hydrogen (secondary N) is 2. The lowest BCUT2D eigenvalue weighted by molar-refractivity contribution is 0.0925. The van der Waals surface area contributed by atoms with E-state index in [1.807, 2.05) is 41.1 Å². The first-order valence-corrected chi connectivity index (χ1v) is 10.6. The highest BCUT2D eigenvalue weighted by Crippen LogP contribution is 2.29. The molecule has 1 amide bonds. The van der Waals surface area contributed by atoms with E-state index < -0.39 is 0 Å². The molecular formula is C23H27N5O. The van der Waals surface area contributed by atoms with Gasteiger partial charge in [0.25, 0.3) is 5.91 Å². The molecule has 2 aromatic heterocycles. The summed E-state index contributed by atoms with van der Waals surface area (Å²) in [5.41, 5.74) is 3.22. The maximum atomic E-state index is 13.3. The zero-order valence-corrected chi connectivity index (χ0v) is 16.9. The van der Waals surface area contributed by atoms with Gasteiger partial charge in [-0.15, -0.1) is 0 Å². The van der Waals surface area contributed by atoms with E-state index in [0.29, 0.717) is 17.6 Å². The van der Waals surface area contributed by atoms with Crippen LogP contribution in [0.15, 0.2) is 42.6 Å². The zero-order valence-electron chi connectivity index (χ0n) is 16.9. The highest BCUT2D eigenvalue weighted by molar-refractivity contribution is 6.06. The van der Waals surface area contributed by atoms with Crippen molar-refractivity contribution in [1.29, 1.82) is 0 Å². The summed E-state index contributed by atoms with van der Waals surface area (Å²) in [6.07, 6.45) is 6.23. The van der Waals surface area contributed by atoms with Gasteiger partial charge >= 0.3 is 0 Å². The van der Waals surface area contributed by atoms with Crippen LogP contribution in [0.4, 0.5) is 0 Å². The zero-order chi connectivity index (χ0) is 20.0. The number of benzene rings is 1. The second-order valence-electron chi connectivity index (χ2n) is 8.62. The summed E-state index contributed by atoms with van der Waals surface area (Å²) in [6.45, 7) is 4.15. The van der Waals surface area contributed by atoms with Gasteiger partial charge in [0.2, 0.25) is 0 Å². The summed E-state index contributed by atoms with van der Waals surface area (Å²) in [4.78, 5) is 18.2. The first kappa shape index (κ1) is 18.3. The van der Waals surface area contributed by atoms with Crippen molar-refractivity contribution in [3.05, 3.63) is 48.2 Å². The maximum Gasteiger partial charge on any atom is 0.252 e. The molecule has 0 radical (unpaired) electrons. The van der Waals surface area contributed by atoms with E-state index in [9.17, 15) is 4.79 Å². The summed E-state index contributed by atoms with van der Waals surface area (Å²) >= 11 is 0. The van der Waals surface area contributed by atoms with Crippen LogP contribution in [0.3, 0.4) is 0 Å². The van der Waals surface area contributed by atoms with Gasteiger partial charge in [-0.05, 0) is 45.6 Å². The molecule has 2 N–H and O–H groups in total. The second kappa shape index (κ2) is 7.26. The van der Waals surface area contributed by atoms with Crippen molar-refractivity contribution in [2.24, 2.45) is 0 Å². The Balaban J connectivity index is 1.54. The summed E-state index contributed by atoms with van der Waals surface area (Å²) < 4.78 is 1.89. The minimum atomic E-state index is -0.0239. The average Bonchev–Trinajstić information content (AvgIpc) is 3.30. The Labute approximate surface area is 170 Å². The van der Waals surface area contributed by atoms with Crippen LogP contribution in [0.1, 0.15) is 55.9 Å². The number of amides is 1. The lowest BCUT2D eigenvalue weighted by Gasteiger charge is -2.29. The number of piperidine rings is 1. The summed E-state index contributed by atoms with van der Waals surface area (Å²) in [7, 11) is 0. The van der Waals surface area contributed by atoms with Gasteiger partial charge in [-0.3, -0.25) is 4.79 Å². The Bertz CT molecular complexity index is 1030. The molecule has 0 aliphatic carbocycles. The molecule has 5 rings (SSSR count). The van der Waals surface area contributed by atoms with Crippen molar-refractivity contribution >= 4 is 16.9 Å². The summed E-state index contributed by atoms with van der Waals surface area (Å²) in [5.74, 6) is -0.0239. The molecule has 2 aliphatic heterocycles. The Morgan fingerprint density at radius 1 is 1.17 bits per heavy atom. The van der Waals surface area contributed by atoms with Gasteiger partial charge in [0.1, 0.15) is 0 Å². The lowest BCUT2D eigenvalue weighted by Crippen LogP contribution is -2.48. The fraction of sp³-hybridized carbons (Fsp3) is 0.435. The molecule has 2 unspecified atom stereocenters. The van der Waals surface area contributed by atoms with Crippen molar-refractivity contribution in [2.45, 2.75) is 63.7 Å². The predicted octanol–water partition coefficient (Wildman–Crippen LogP) is 3.69. The number of hydrogen-bond donors (Lipinski definition) is 2. The Morgan fingerprint density at radius 3 is 2.59 bits per heavy atom. The lowest BCUT2D eigenvalue weighted by atomic mass is 9.99. The number of fused-ring (bicyclic) bond motifs is 3. The first-order chi connectivity index (χ1) is 14.1. The molecule has 2 bridgehead atoms. The van der Waals surface area contributed by atoms with Gasteiger partial charge in [0.05, 0.1) is 22.8 Å². The van der Waals surface area contributed by atoms with Crippen LogP contribution in [0, 0.1) is 0 Å². The fourth-order valence-electron chi connectivity index (χ4n) is 4.78. The fourth-order valence-corrected chi connectivity index (χ4v) is 4.78. The van der Waals surface area contributed by atoms with Gasteiger partial charge in [-0.2, -0.15) is 5.10 Å². The Kier molecular flexibility index (Phi) is 4.59. The third-order valence-electron chi connectivity index (χ3n) is 6.18. The van der Waals surface area contributed by atoms with Gasteiger partial charge in [-0.1, -0.05) is 30.3 Å². The Morgan fingerprint density at radius 2 is 1.90 bits per heavy atom. The molecule has 2 fully saturated rings. The number of nitrogens with zero attached hydrogens (tertiary/aromatic N) is 3. The highest BCUT2D eigenvalue weighted by atomic mass is 16.1. The number of carbonyl (C=O) groups excluding carboxylic acids is 1. The summed E-state index contributed by atoms with van der Waals surface area (Å²) in [6, 6.07) is 13.4. The second-order valence-corrected chi connectivity index (χ2v) is 8.62. The standard InChI is InChI=1S/C23H27N5O/c1-14(2)28-22-20(13-24-28)19(12-21(27-22)15-6-4-3-5-7-15)23(29)26-18-10-16-8-9-17(11-18)25-16/h3-7,12-14,16-18,25H,8-11H2,1-2H3,(H,26,29). The number of rotatable bonds is 4. The van der Waals surface area contributed by atoms with Crippen molar-refractivity contribution in [1.82, 2.24) is 25.4 Å². The molecule has 2 aliphatic rings. The van der Waals surface area contributed by atoms with Crippen LogP contribution in [-0.2, 0) is 0 Å². The quantitative estimate of drug-likeness (QED) is 0.714. The SMILES string of the molecule is CC(C)n1ncc2c(C(=O)NC3CC4CCC(C3)N4)cc(-c3ccccc3)nc21. The number of carbonyl (C=O) groups is 1. The monoisotopic (exact) mass is 389 g/mol. The summed E-state index contributed by atoms with van der Waals surface area (Å²) in [5, 5.41) is 12.3. The maximum absolute atomic E-state index is 13.3. The van der Waals surface area contributed by atoms with E-state index >= 15 is 0 Å². The number of aromatic nitrogens is 3. The Hall–Kier alpha value is -2.73. The van der Waals surface area contributed by atoms with Gasteiger partial charge in [-0.25, -0.2) is 9.67 Å². The molecule has 2 atom stereocenters. The number of hydrogen-bond acceptors (Lipinski definition) is 4. The van der Waals surface area contributed by atoms with Crippen molar-refractivity contribution in [3.8, 4) is 11.3 Å². The predicted molar refractivity (Wildman–Crippen MR) is 114 cm³/mol. The van der Waals surface area contributed by atoms with Gasteiger partial charge < -0.3 is 10.6 Å². The van der Waals surface area contributed by atoms with Crippen molar-refractivity contribution in [3.63, 3.8) is 0 Å². The largest absolute Gasteiger partial charge is 0.349 e. The first-order valence-electron chi connectivity index (χ1n) is 10.6. The van der Waals surface area contributed by atoms with Crippen LogP contribution >= 0.6 is 0 Å². The average molecular weight is 390 g/mol. The smallest absolute Gasteiger partial charge is 0.252 e. The molecule has 150 valence electrons. The molecule has 0 spiro atoms. The van der Waals surface area contributed by atoms with Crippen molar-refractivity contribution in [2.75, 3.05) is 0 Å². The van der Waals surface area contributed by atoms with Crippen LogP contribution in [0.5, 0.6) is 0 Å². The van der Waals surface area contributed by atoms with Crippen molar-refractivity contribution < 1.29 is 4.79 Å². The molecule has 29 heavy (non-hydrogen) atoms. The van der Waals surface area contributed by atoms with E-state index in [1.54, 1.807) is 6.20 Å². The molecule has 0 saturated carbocycles. The van der Waals surface area contributed by atoms with Crippen LogP contribution in [0.25, 0.3) is 22.3 Å². The van der Waals surface area contributed by atoms with E-state index in [-0.39, 0.29) is 18.0 Å². The van der Waals surface area contributed by atoms with Gasteiger partial charge in [0.15, 0.2) is 5.65 Å². The third kappa shape index (κ3) is 3.42. The van der Waals surface area contributed by atoms with E-state index in [2.05, 4.69) is 29.6 Å². The molecule has 6 nitrogen and oxygen atoms in total. The van der Waals surface area contributed by atoms with E-state index in [0.717, 1.165) is 35.1 Å². The topological polar surface area (TPSA) is 71.8 Å². The van der Waals surface area contributed by atoms with E-state index in [1.165, 1.54) is 12.8 Å². The molecular weight excluding hydrogens is 362 g/mol. The molecule has 3 aromatic rings. The van der Waals surface area contributed by atoms with Gasteiger partial charge in [0, 0.05) is 29.7 Å². The van der Waals surface area contributed by atoms with Crippen LogP contribution in [-0.4, -0.2) is 38.8 Å². The molecule has 2 saturated heterocycles. The normalized spacial score (nSPS) is 23.6. The minimum Gasteiger partial charge on any atom is -0.349 e. The highest BCUT2D eigenvalue weighted by Gasteiger charge is 2.34. The molecule has 4 heterocycles. The van der Waals surface area contributed by atoms with E-state index in [4.69, 9.17) is 4.98 Å². The molecule has 1 aromatic carbocycles. The minimum absolute atomic E-state index is 0.0239. The third-order valence-corrected chi connectivity index (χ3v) is 6.18. The molecule has 6 heteroatoms. The van der Waals surface area contributed by atoms with Crippen LogP contribution < -0.4 is 10.6 Å².